The molecule has 0 unspecified atom stereocenters. The normalized spacial score (nSPS) is 19.2. The van der Waals surface area contributed by atoms with Crippen molar-refractivity contribution in [2.45, 2.75) is 29.8 Å². The minimum atomic E-state index is -5.00. The van der Waals surface area contributed by atoms with Gasteiger partial charge in [-0.25, -0.2) is 17.2 Å². The largest absolute Gasteiger partial charge is 0.417 e. The van der Waals surface area contributed by atoms with Crippen LogP contribution in [0, 0.1) is 0 Å². The van der Waals surface area contributed by atoms with Gasteiger partial charge >= 0.3 is 6.18 Å². The lowest BCUT2D eigenvalue weighted by atomic mass is 10.1. The van der Waals surface area contributed by atoms with E-state index < -0.39 is 69.3 Å². The third kappa shape index (κ3) is 3.86. The molecule has 1 aromatic rings. The lowest BCUT2D eigenvalue weighted by molar-refractivity contribution is -0.140. The van der Waals surface area contributed by atoms with Gasteiger partial charge in [0.2, 0.25) is 10.0 Å². The zero-order valence-electron chi connectivity index (χ0n) is 11.9. The fourth-order valence-electron chi connectivity index (χ4n) is 2.28. The fourth-order valence-corrected chi connectivity index (χ4v) is 4.08. The third-order valence-corrected chi connectivity index (χ3v) is 5.74. The molecular weight excluding hydrogens is 381 g/mol. The molecule has 1 heterocycles. The van der Waals surface area contributed by atoms with Crippen LogP contribution in [0.2, 0.25) is 0 Å². The van der Waals surface area contributed by atoms with Crippen molar-refractivity contribution in [2.24, 2.45) is 0 Å². The van der Waals surface area contributed by atoms with Crippen molar-refractivity contribution in [1.82, 2.24) is 4.31 Å². The molecule has 134 valence electrons. The molecule has 0 N–H and O–H groups in total. The number of rotatable bonds is 3. The number of hydrogen-bond donors (Lipinski definition) is 0. The fraction of sp³-hybridized carbons (Fsp3) is 0.462. The van der Waals surface area contributed by atoms with Gasteiger partial charge < -0.3 is 0 Å². The highest BCUT2D eigenvalue weighted by Gasteiger charge is 2.43. The summed E-state index contributed by atoms with van der Waals surface area (Å²) in [5, 5.41) is -1.13. The van der Waals surface area contributed by atoms with Crippen LogP contribution >= 0.6 is 11.6 Å². The number of hydrogen-bond acceptors (Lipinski definition) is 3. The van der Waals surface area contributed by atoms with E-state index in [1.165, 1.54) is 0 Å². The van der Waals surface area contributed by atoms with Crippen LogP contribution in [0.3, 0.4) is 0 Å². The van der Waals surface area contributed by atoms with Crippen LogP contribution in [0.15, 0.2) is 23.1 Å². The molecular formula is C13H11ClF5NO3S. The van der Waals surface area contributed by atoms with Crippen molar-refractivity contribution >= 4 is 26.9 Å². The molecule has 4 nitrogen and oxygen atoms in total. The maximum atomic E-state index is 13.1. The van der Waals surface area contributed by atoms with Gasteiger partial charge in [-0.15, -0.1) is 0 Å². The molecule has 0 amide bonds. The number of alkyl halides is 5. The summed E-state index contributed by atoms with van der Waals surface area (Å²) in [5.74, 6) is -3.06. The van der Waals surface area contributed by atoms with Crippen LogP contribution in [0.4, 0.5) is 22.0 Å². The molecule has 0 aromatic heterocycles. The van der Waals surface area contributed by atoms with Crippen LogP contribution in [0.1, 0.15) is 28.8 Å². The summed E-state index contributed by atoms with van der Waals surface area (Å²) in [6.45, 7) is -1.24. The first kappa shape index (κ1) is 19.1. The molecule has 1 aromatic carbocycles. The summed E-state index contributed by atoms with van der Waals surface area (Å²) < 4.78 is 91.0. The van der Waals surface area contributed by atoms with Gasteiger partial charge in [-0.05, 0) is 29.8 Å². The van der Waals surface area contributed by atoms with E-state index in [1.807, 2.05) is 0 Å². The van der Waals surface area contributed by atoms with Crippen molar-refractivity contribution in [3.8, 4) is 0 Å². The second-order valence-corrected chi connectivity index (χ2v) is 7.49. The molecule has 0 atom stereocenters. The monoisotopic (exact) mass is 391 g/mol. The summed E-state index contributed by atoms with van der Waals surface area (Å²) >= 11 is 5.19. The summed E-state index contributed by atoms with van der Waals surface area (Å²) in [5.41, 5.74) is -1.92. The van der Waals surface area contributed by atoms with Crippen molar-refractivity contribution in [1.29, 1.82) is 0 Å². The Bertz CT molecular complexity index is 753. The zero-order valence-corrected chi connectivity index (χ0v) is 13.5. The van der Waals surface area contributed by atoms with Gasteiger partial charge in [-0.1, -0.05) is 0 Å². The van der Waals surface area contributed by atoms with Crippen molar-refractivity contribution in [3.63, 3.8) is 0 Å². The zero-order chi connectivity index (χ0) is 18.3. The molecule has 0 saturated carbocycles. The Labute approximate surface area is 139 Å². The Morgan fingerprint density at radius 3 is 2.17 bits per heavy atom. The topological polar surface area (TPSA) is 54.5 Å². The Morgan fingerprint density at radius 2 is 1.71 bits per heavy atom. The highest BCUT2D eigenvalue weighted by molar-refractivity contribution is 7.89. The molecule has 11 heteroatoms. The summed E-state index contributed by atoms with van der Waals surface area (Å²) in [7, 11) is -4.71. The Hall–Kier alpha value is -1.26. The third-order valence-electron chi connectivity index (χ3n) is 3.59. The Balaban J connectivity index is 2.52. The van der Waals surface area contributed by atoms with Crippen LogP contribution in [-0.2, 0) is 16.2 Å². The maximum Gasteiger partial charge on any atom is 0.417 e. The molecule has 0 aliphatic carbocycles. The van der Waals surface area contributed by atoms with Gasteiger partial charge in [0.15, 0.2) is 0 Å². The quantitative estimate of drug-likeness (QED) is 0.585. The van der Waals surface area contributed by atoms with E-state index in [2.05, 4.69) is 0 Å². The van der Waals surface area contributed by atoms with Gasteiger partial charge in [0, 0.05) is 31.5 Å². The number of benzene rings is 1. The first-order chi connectivity index (χ1) is 10.8. The van der Waals surface area contributed by atoms with Gasteiger partial charge in [0.05, 0.1) is 10.5 Å². The van der Waals surface area contributed by atoms with Gasteiger partial charge in [0.1, 0.15) is 0 Å². The van der Waals surface area contributed by atoms with Crippen LogP contribution in [0.5, 0.6) is 0 Å². The van der Waals surface area contributed by atoms with Crippen molar-refractivity contribution in [3.05, 3.63) is 29.3 Å². The van der Waals surface area contributed by atoms with Crippen LogP contribution in [-0.4, -0.2) is 37.0 Å². The number of carbonyl (C=O) groups excluding carboxylic acids is 1. The second-order valence-electron chi connectivity index (χ2n) is 5.24. The molecule has 1 aliphatic heterocycles. The van der Waals surface area contributed by atoms with Gasteiger partial charge in [-0.2, -0.15) is 17.5 Å². The van der Waals surface area contributed by atoms with E-state index in [1.54, 1.807) is 0 Å². The minimum absolute atomic E-state index is 0.432. The molecule has 0 spiro atoms. The molecule has 2 rings (SSSR count). The van der Waals surface area contributed by atoms with E-state index in [9.17, 15) is 35.2 Å². The summed E-state index contributed by atoms with van der Waals surface area (Å²) in [4.78, 5) is 9.95. The molecule has 0 bridgehead atoms. The van der Waals surface area contributed by atoms with Crippen LogP contribution < -0.4 is 0 Å². The Kier molecular flexibility index (Phi) is 4.95. The van der Waals surface area contributed by atoms with E-state index in [0.29, 0.717) is 16.4 Å². The molecule has 1 fully saturated rings. The Morgan fingerprint density at radius 1 is 1.17 bits per heavy atom. The predicted molar refractivity (Wildman–Crippen MR) is 74.6 cm³/mol. The highest BCUT2D eigenvalue weighted by atomic mass is 35.5. The molecule has 0 radical (unpaired) electrons. The number of halogens is 6. The van der Waals surface area contributed by atoms with Gasteiger partial charge in [0.25, 0.3) is 11.2 Å². The number of nitrogens with zero attached hydrogens (tertiary/aromatic N) is 1. The summed E-state index contributed by atoms with van der Waals surface area (Å²) in [6, 6.07) is 1.70. The second kappa shape index (κ2) is 6.23. The average Bonchev–Trinajstić information content (AvgIpc) is 2.45. The smallest absolute Gasteiger partial charge is 0.276 e. The SMILES string of the molecule is O=C(Cl)c1ccc(C(F)(F)F)c(S(=O)(=O)N2CCC(F)(F)CC2)c1. The van der Waals surface area contributed by atoms with E-state index in [-0.39, 0.29) is 0 Å². The van der Waals surface area contributed by atoms with Crippen molar-refractivity contribution < 1.29 is 35.2 Å². The number of carbonyl (C=O) groups is 1. The molecule has 1 aliphatic rings. The standard InChI is InChI=1S/C13H11ClF5NO3S/c14-11(21)8-1-2-9(13(17,18)19)10(7-8)24(22,23)20-5-3-12(15,16)4-6-20/h1-2,7H,3-6H2. The summed E-state index contributed by atoms with van der Waals surface area (Å²) in [6.07, 6.45) is -6.58. The molecule has 24 heavy (non-hydrogen) atoms. The maximum absolute atomic E-state index is 13.1. The van der Waals surface area contributed by atoms with Gasteiger partial charge in [-0.3, -0.25) is 4.79 Å². The lowest BCUT2D eigenvalue weighted by Crippen LogP contribution is -2.43. The lowest BCUT2D eigenvalue weighted by Gasteiger charge is -2.31. The number of piperidine rings is 1. The predicted octanol–water partition coefficient (Wildman–Crippen LogP) is 3.50. The average molecular weight is 392 g/mol. The van der Waals surface area contributed by atoms with E-state index in [0.717, 1.165) is 6.07 Å². The van der Waals surface area contributed by atoms with Crippen LogP contribution in [0.25, 0.3) is 0 Å². The first-order valence-corrected chi connectivity index (χ1v) is 8.45. The first-order valence-electron chi connectivity index (χ1n) is 6.64. The highest BCUT2D eigenvalue weighted by Crippen LogP contribution is 2.38. The van der Waals surface area contributed by atoms with E-state index >= 15 is 0 Å². The number of sulfonamides is 1. The molecule has 1 saturated heterocycles. The minimum Gasteiger partial charge on any atom is -0.276 e. The van der Waals surface area contributed by atoms with Crippen molar-refractivity contribution in [2.75, 3.05) is 13.1 Å². The van der Waals surface area contributed by atoms with E-state index in [4.69, 9.17) is 11.6 Å².